The molecule has 0 spiro atoms. The van der Waals surface area contributed by atoms with Gasteiger partial charge in [0.05, 0.1) is 26.4 Å². The van der Waals surface area contributed by atoms with Crippen molar-refractivity contribution in [2.24, 2.45) is 0 Å². The van der Waals surface area contributed by atoms with Crippen molar-refractivity contribution in [3.05, 3.63) is 0 Å². The second kappa shape index (κ2) is 7.89. The fourth-order valence-corrected chi connectivity index (χ4v) is 1.71. The van der Waals surface area contributed by atoms with Crippen molar-refractivity contribution in [1.82, 2.24) is 0 Å². The maximum atomic E-state index is 9.75. The largest absolute Gasteiger partial charge is 0.673 e. The monoisotopic (exact) mass is 261 g/mol. The number of morpholine rings is 1. The Balaban J connectivity index is 0.000000437. The van der Waals surface area contributed by atoms with Crippen LogP contribution in [0.2, 0.25) is 0 Å². The molecule has 1 heterocycles. The third-order valence-electron chi connectivity index (χ3n) is 2.86. The van der Waals surface area contributed by atoms with Gasteiger partial charge in [-0.25, -0.2) is 0 Å². The lowest BCUT2D eigenvalue weighted by Gasteiger charge is -2.40. The van der Waals surface area contributed by atoms with E-state index in [1.165, 1.54) is 11.0 Å². The van der Waals surface area contributed by atoms with Crippen molar-refractivity contribution in [3.63, 3.8) is 0 Å². The lowest BCUT2D eigenvalue weighted by Crippen LogP contribution is -2.56. The molecule has 0 N–H and O–H groups in total. The third-order valence-corrected chi connectivity index (χ3v) is 2.86. The molecule has 1 fully saturated rings. The van der Waals surface area contributed by atoms with Crippen molar-refractivity contribution >= 4 is 7.25 Å². The first-order chi connectivity index (χ1) is 7.83. The second-order valence-electron chi connectivity index (χ2n) is 3.93. The highest BCUT2D eigenvalue weighted by molar-refractivity contribution is 6.50. The van der Waals surface area contributed by atoms with Gasteiger partial charge in [-0.05, 0) is 6.92 Å². The zero-order valence-electron chi connectivity index (χ0n) is 10.3. The molecule has 3 nitrogen and oxygen atoms in total. The van der Waals surface area contributed by atoms with Crippen LogP contribution in [0.15, 0.2) is 0 Å². The molecule has 0 aromatic rings. The van der Waals surface area contributed by atoms with Crippen LogP contribution in [0.5, 0.6) is 0 Å². The van der Waals surface area contributed by atoms with Gasteiger partial charge in [0.25, 0.3) is 0 Å². The summed E-state index contributed by atoms with van der Waals surface area (Å²) in [4.78, 5) is 0. The predicted molar refractivity (Wildman–Crippen MR) is 58.3 cm³/mol. The Morgan fingerprint density at radius 2 is 1.65 bits per heavy atom. The molecule has 0 aromatic carbocycles. The van der Waals surface area contributed by atoms with Crippen molar-refractivity contribution in [2.45, 2.75) is 6.92 Å². The van der Waals surface area contributed by atoms with Crippen LogP contribution < -0.4 is 0 Å². The van der Waals surface area contributed by atoms with Crippen molar-refractivity contribution in [2.75, 3.05) is 53.1 Å². The molecule has 1 rings (SSSR count). The topological polar surface area (TPSA) is 18.5 Å². The summed E-state index contributed by atoms with van der Waals surface area (Å²) in [7, 11) is -4.23. The number of ether oxygens (including phenoxy) is 2. The Hall–Kier alpha value is -0.335. The zero-order valence-corrected chi connectivity index (χ0v) is 10.3. The van der Waals surface area contributed by atoms with Gasteiger partial charge >= 0.3 is 7.25 Å². The number of halogens is 4. The molecule has 0 saturated carbocycles. The molecule has 17 heavy (non-hydrogen) atoms. The summed E-state index contributed by atoms with van der Waals surface area (Å²) in [5.41, 5.74) is 0. The molecular weight excluding hydrogens is 241 g/mol. The van der Waals surface area contributed by atoms with E-state index in [4.69, 9.17) is 9.47 Å². The highest BCUT2D eigenvalue weighted by Crippen LogP contribution is 2.10. The molecule has 8 heteroatoms. The molecule has 0 radical (unpaired) electrons. The molecule has 1 saturated heterocycles. The first kappa shape index (κ1) is 16.7. The normalized spacial score (nSPS) is 19.4. The number of likely N-dealkylation sites (N-methyl/N-ethyl adjacent to an activating group) is 1. The second-order valence-corrected chi connectivity index (χ2v) is 3.93. The van der Waals surface area contributed by atoms with Crippen molar-refractivity contribution < 1.29 is 31.2 Å². The van der Waals surface area contributed by atoms with Crippen LogP contribution >= 0.6 is 0 Å². The van der Waals surface area contributed by atoms with Crippen LogP contribution in [-0.2, 0) is 9.47 Å². The van der Waals surface area contributed by atoms with E-state index in [0.717, 1.165) is 39.5 Å². The minimum atomic E-state index is -6.00. The Kier molecular flexibility index (Phi) is 7.73. The zero-order chi connectivity index (χ0) is 13.4. The van der Waals surface area contributed by atoms with Gasteiger partial charge in [0, 0.05) is 7.11 Å². The Morgan fingerprint density at radius 1 is 1.18 bits per heavy atom. The standard InChI is InChI=1S/C9H20NO2.BF4/c1-3-10(4-7-11-2)5-8-12-9-6-10;2-1(3,4)5/h3-9H2,1-2H3;/q+1;-1. The molecule has 0 atom stereocenters. The minimum Gasteiger partial charge on any atom is -0.418 e. The van der Waals surface area contributed by atoms with Gasteiger partial charge in [-0.1, -0.05) is 0 Å². The van der Waals surface area contributed by atoms with Gasteiger partial charge in [-0.3, -0.25) is 0 Å². The quantitative estimate of drug-likeness (QED) is 0.436. The lowest BCUT2D eigenvalue weighted by molar-refractivity contribution is -0.933. The average molecular weight is 261 g/mol. The van der Waals surface area contributed by atoms with Crippen LogP contribution in [-0.4, -0.2) is 64.8 Å². The van der Waals surface area contributed by atoms with Gasteiger partial charge in [-0.2, -0.15) is 0 Å². The van der Waals surface area contributed by atoms with Gasteiger partial charge < -0.3 is 31.2 Å². The van der Waals surface area contributed by atoms with E-state index in [2.05, 4.69) is 6.92 Å². The molecule has 1 aliphatic heterocycles. The van der Waals surface area contributed by atoms with Crippen molar-refractivity contribution in [1.29, 1.82) is 0 Å². The molecule has 1 aliphatic rings. The van der Waals surface area contributed by atoms with Gasteiger partial charge in [-0.15, -0.1) is 0 Å². The van der Waals surface area contributed by atoms with Gasteiger partial charge in [0.2, 0.25) is 0 Å². The maximum absolute atomic E-state index is 9.75. The van der Waals surface area contributed by atoms with Crippen LogP contribution in [0, 0.1) is 0 Å². The summed E-state index contributed by atoms with van der Waals surface area (Å²) < 4.78 is 50.6. The molecule has 0 unspecified atom stereocenters. The molecule has 104 valence electrons. The fraction of sp³-hybridized carbons (Fsp3) is 1.00. The SMILES string of the molecule is CC[N+]1(CCOC)CCOCC1.F[B-](F)(F)F. The molecule has 0 bridgehead atoms. The smallest absolute Gasteiger partial charge is 0.418 e. The number of hydrogen-bond acceptors (Lipinski definition) is 2. The van der Waals surface area contributed by atoms with E-state index in [-0.39, 0.29) is 0 Å². The number of quaternary nitrogens is 1. The Labute approximate surface area is 99.4 Å². The van der Waals surface area contributed by atoms with Gasteiger partial charge in [0.15, 0.2) is 0 Å². The van der Waals surface area contributed by atoms with E-state index in [9.17, 15) is 17.3 Å². The minimum absolute atomic E-state index is 0.869. The fourth-order valence-electron chi connectivity index (χ4n) is 1.71. The number of rotatable bonds is 4. The summed E-state index contributed by atoms with van der Waals surface area (Å²) in [5.74, 6) is 0. The van der Waals surface area contributed by atoms with E-state index in [0.29, 0.717) is 0 Å². The summed E-state index contributed by atoms with van der Waals surface area (Å²) in [5, 5.41) is 0. The summed E-state index contributed by atoms with van der Waals surface area (Å²) in [6, 6.07) is 0. The van der Waals surface area contributed by atoms with Crippen LogP contribution in [0.1, 0.15) is 6.92 Å². The lowest BCUT2D eigenvalue weighted by atomic mass is 10.3. The van der Waals surface area contributed by atoms with E-state index in [1.807, 2.05) is 0 Å². The summed E-state index contributed by atoms with van der Waals surface area (Å²) in [6.45, 7) is 9.59. The number of nitrogens with zero attached hydrogens (tertiary/aromatic N) is 1. The average Bonchev–Trinajstić information content (AvgIpc) is 2.25. The Morgan fingerprint density at radius 3 is 2.00 bits per heavy atom. The first-order valence-corrected chi connectivity index (χ1v) is 5.62. The number of methoxy groups -OCH3 is 1. The third kappa shape index (κ3) is 9.37. The highest BCUT2D eigenvalue weighted by Gasteiger charge is 2.27. The number of hydrogen-bond donors (Lipinski definition) is 0. The molecule has 0 amide bonds. The van der Waals surface area contributed by atoms with E-state index >= 15 is 0 Å². The Bertz CT molecular complexity index is 192. The molecule has 0 aliphatic carbocycles. The van der Waals surface area contributed by atoms with Gasteiger partial charge in [0.1, 0.15) is 19.6 Å². The molecular formula is C9H20BF4NO2. The predicted octanol–water partition coefficient (Wildman–Crippen LogP) is 1.80. The van der Waals surface area contributed by atoms with Crippen molar-refractivity contribution in [3.8, 4) is 0 Å². The van der Waals surface area contributed by atoms with Crippen LogP contribution in [0.3, 0.4) is 0 Å². The maximum Gasteiger partial charge on any atom is 0.673 e. The van der Waals surface area contributed by atoms with Crippen LogP contribution in [0.25, 0.3) is 0 Å². The molecule has 0 aromatic heterocycles. The highest BCUT2D eigenvalue weighted by atomic mass is 19.5. The van der Waals surface area contributed by atoms with E-state index < -0.39 is 7.25 Å². The van der Waals surface area contributed by atoms with E-state index in [1.54, 1.807) is 7.11 Å². The summed E-state index contributed by atoms with van der Waals surface area (Å²) >= 11 is 0. The summed E-state index contributed by atoms with van der Waals surface area (Å²) in [6.07, 6.45) is 0. The van der Waals surface area contributed by atoms with Crippen LogP contribution in [0.4, 0.5) is 17.3 Å². The first-order valence-electron chi connectivity index (χ1n) is 5.62.